The highest BCUT2D eigenvalue weighted by atomic mass is 16.5. The lowest BCUT2D eigenvalue weighted by Crippen LogP contribution is -2.59. The first-order valence-corrected chi connectivity index (χ1v) is 16.8. The van der Waals surface area contributed by atoms with Crippen molar-refractivity contribution in [3.8, 4) is 17.2 Å². The SMILES string of the molecule is COc1cc(CO)cc2c1O[C@@H]1[C@@H](O)[C@H](N(C[C@@H]3CC[C@H]4C[C@@H]3C4(C)C)C(=O)c3cc4cccc(OC)c4o3)C=C(C(=O)NCCO)[C@H]21. The highest BCUT2D eigenvalue weighted by Gasteiger charge is 2.56. The molecule has 0 spiro atoms. The molecule has 3 aromatic rings. The maximum atomic E-state index is 14.7. The molecule has 7 atom stereocenters. The molecular weight excluding hydrogens is 616 g/mol. The summed E-state index contributed by atoms with van der Waals surface area (Å²) in [6.07, 6.45) is 2.65. The summed E-state index contributed by atoms with van der Waals surface area (Å²) < 4.78 is 23.7. The number of nitrogens with zero attached hydrogens (tertiary/aromatic N) is 1. The highest BCUT2D eigenvalue weighted by molar-refractivity contribution is 5.99. The van der Waals surface area contributed by atoms with Gasteiger partial charge in [0, 0.05) is 29.6 Å². The average Bonchev–Trinajstić information content (AvgIpc) is 3.72. The standard InChI is InChI=1S/C37H44N2O9/c1-37(2)22-9-8-21(25(37)15-22)17-39(36(44)29-14-20-6-5-7-27(45-3)32(20)47-29)26-16-24(35(43)38-10-11-40)30-23-12-19(18-41)13-28(46-4)33(23)48-34(30)31(26)42/h5-7,12-14,16,21-22,25-26,30-31,34,40-42H,8-11,15,17-18H2,1-4H3,(H,38,43)/t21-,22-,25-,26+,30-,31-,34-/m0/s1. The van der Waals surface area contributed by atoms with Crippen LogP contribution < -0.4 is 19.5 Å². The maximum absolute atomic E-state index is 14.7. The van der Waals surface area contributed by atoms with Crippen molar-refractivity contribution in [2.75, 3.05) is 33.9 Å². The first-order chi connectivity index (χ1) is 23.1. The van der Waals surface area contributed by atoms with Gasteiger partial charge in [0.2, 0.25) is 5.91 Å². The average molecular weight is 661 g/mol. The maximum Gasteiger partial charge on any atom is 0.290 e. The highest BCUT2D eigenvalue weighted by Crippen LogP contribution is 2.61. The zero-order valence-electron chi connectivity index (χ0n) is 27.8. The van der Waals surface area contributed by atoms with E-state index in [4.69, 9.17) is 18.6 Å². The van der Waals surface area contributed by atoms with Crippen LogP contribution in [0.4, 0.5) is 0 Å². The van der Waals surface area contributed by atoms with E-state index in [0.717, 1.165) is 19.3 Å². The summed E-state index contributed by atoms with van der Waals surface area (Å²) in [5, 5.41) is 35.2. The Morgan fingerprint density at radius 1 is 1.08 bits per heavy atom. The zero-order valence-corrected chi connectivity index (χ0v) is 27.8. The predicted octanol–water partition coefficient (Wildman–Crippen LogP) is 3.78. The number of amides is 2. The molecule has 8 rings (SSSR count). The third kappa shape index (κ3) is 5.14. The molecule has 2 aromatic carbocycles. The van der Waals surface area contributed by atoms with Gasteiger partial charge in [-0.3, -0.25) is 9.59 Å². The van der Waals surface area contributed by atoms with Crippen LogP contribution in [0.25, 0.3) is 11.0 Å². The van der Waals surface area contributed by atoms with E-state index in [1.807, 2.05) is 12.1 Å². The van der Waals surface area contributed by atoms with Gasteiger partial charge >= 0.3 is 0 Å². The van der Waals surface area contributed by atoms with Gasteiger partial charge in [0.15, 0.2) is 28.6 Å². The van der Waals surface area contributed by atoms with Crippen LogP contribution in [0.5, 0.6) is 17.2 Å². The molecule has 3 saturated carbocycles. The molecule has 11 nitrogen and oxygen atoms in total. The molecule has 0 unspecified atom stereocenters. The quantitative estimate of drug-likeness (QED) is 0.255. The van der Waals surface area contributed by atoms with Gasteiger partial charge in [0.05, 0.1) is 39.4 Å². The van der Waals surface area contributed by atoms with Gasteiger partial charge in [0.1, 0.15) is 12.2 Å². The van der Waals surface area contributed by atoms with E-state index < -0.39 is 36.0 Å². The van der Waals surface area contributed by atoms with Gasteiger partial charge in [-0.15, -0.1) is 0 Å². The Hall–Kier alpha value is -4.06. The number of ether oxygens (including phenoxy) is 3. The number of aliphatic hydroxyl groups is 3. The molecule has 48 heavy (non-hydrogen) atoms. The number of nitrogens with one attached hydrogen (secondary N) is 1. The first kappa shape index (κ1) is 32.5. The van der Waals surface area contributed by atoms with E-state index in [1.165, 1.54) is 7.11 Å². The number of para-hydroxylation sites is 1. The molecule has 2 bridgehead atoms. The molecule has 256 valence electrons. The lowest BCUT2D eigenvalue weighted by atomic mass is 9.45. The third-order valence-electron chi connectivity index (χ3n) is 11.5. The van der Waals surface area contributed by atoms with Gasteiger partial charge in [-0.2, -0.15) is 0 Å². The van der Waals surface area contributed by atoms with E-state index >= 15 is 0 Å². The molecule has 4 N–H and O–H groups in total. The first-order valence-electron chi connectivity index (χ1n) is 16.8. The fraction of sp³-hybridized carbons (Fsp3) is 0.514. The Balaban J connectivity index is 1.33. The number of fused-ring (bicyclic) bond motifs is 6. The normalized spacial score (nSPS) is 28.0. The number of aliphatic hydroxyl groups excluding tert-OH is 3. The summed E-state index contributed by atoms with van der Waals surface area (Å²) in [5.41, 5.74) is 2.08. The molecule has 4 aliphatic carbocycles. The number of furan rings is 1. The Labute approximate surface area is 279 Å². The predicted molar refractivity (Wildman–Crippen MR) is 176 cm³/mol. The monoisotopic (exact) mass is 660 g/mol. The fourth-order valence-corrected chi connectivity index (χ4v) is 8.84. The van der Waals surface area contributed by atoms with Crippen molar-refractivity contribution in [2.24, 2.45) is 23.2 Å². The summed E-state index contributed by atoms with van der Waals surface area (Å²) in [7, 11) is 3.04. The minimum atomic E-state index is -1.23. The van der Waals surface area contributed by atoms with E-state index in [0.29, 0.717) is 63.3 Å². The van der Waals surface area contributed by atoms with E-state index in [-0.39, 0.29) is 36.9 Å². The van der Waals surface area contributed by atoms with E-state index in [1.54, 1.807) is 42.4 Å². The second-order valence-electron chi connectivity index (χ2n) is 14.2. The summed E-state index contributed by atoms with van der Waals surface area (Å²) in [4.78, 5) is 30.2. The molecule has 1 aliphatic heterocycles. The van der Waals surface area contributed by atoms with Crippen LogP contribution in [0.15, 0.2) is 52.5 Å². The van der Waals surface area contributed by atoms with Crippen molar-refractivity contribution >= 4 is 22.8 Å². The lowest BCUT2D eigenvalue weighted by molar-refractivity contribution is -0.119. The second-order valence-corrected chi connectivity index (χ2v) is 14.2. The van der Waals surface area contributed by atoms with E-state index in [2.05, 4.69) is 19.2 Å². The van der Waals surface area contributed by atoms with Gasteiger partial charge in [-0.25, -0.2) is 0 Å². The van der Waals surface area contributed by atoms with Crippen molar-refractivity contribution in [1.29, 1.82) is 0 Å². The van der Waals surface area contributed by atoms with Crippen molar-refractivity contribution in [2.45, 2.75) is 63.9 Å². The van der Waals surface area contributed by atoms with Gasteiger partial charge < -0.3 is 44.2 Å². The summed E-state index contributed by atoms with van der Waals surface area (Å²) in [6.45, 7) is 4.48. The summed E-state index contributed by atoms with van der Waals surface area (Å²) in [5.74, 6) is 1.07. The number of hydrogen-bond donors (Lipinski definition) is 4. The third-order valence-corrected chi connectivity index (χ3v) is 11.5. The van der Waals surface area contributed by atoms with Crippen LogP contribution >= 0.6 is 0 Å². The lowest BCUT2D eigenvalue weighted by Gasteiger charge is -2.61. The Bertz CT molecular complexity index is 1760. The van der Waals surface area contributed by atoms with Crippen LogP contribution in [0.1, 0.15) is 60.7 Å². The van der Waals surface area contributed by atoms with Gasteiger partial charge in [0.25, 0.3) is 5.91 Å². The van der Waals surface area contributed by atoms with Crippen molar-refractivity contribution in [1.82, 2.24) is 10.2 Å². The smallest absolute Gasteiger partial charge is 0.290 e. The molecule has 1 aromatic heterocycles. The molecule has 11 heteroatoms. The number of hydrogen-bond acceptors (Lipinski definition) is 9. The number of benzene rings is 2. The molecule has 0 radical (unpaired) electrons. The number of rotatable bonds is 10. The van der Waals surface area contributed by atoms with Crippen molar-refractivity contribution < 1.29 is 43.5 Å². The summed E-state index contributed by atoms with van der Waals surface area (Å²) >= 11 is 0. The Kier molecular flexibility index (Phi) is 8.41. The van der Waals surface area contributed by atoms with Crippen LogP contribution in [-0.2, 0) is 11.4 Å². The van der Waals surface area contributed by atoms with Crippen molar-refractivity contribution in [3.63, 3.8) is 0 Å². The van der Waals surface area contributed by atoms with E-state index in [9.17, 15) is 24.9 Å². The second kappa shape index (κ2) is 12.4. The van der Waals surface area contributed by atoms with Gasteiger partial charge in [-0.1, -0.05) is 26.0 Å². The summed E-state index contributed by atoms with van der Waals surface area (Å²) in [6, 6.07) is 9.62. The van der Waals surface area contributed by atoms with Gasteiger partial charge in [-0.05, 0) is 78.3 Å². The molecule has 0 saturated heterocycles. The minimum Gasteiger partial charge on any atom is -0.493 e. The molecule has 3 fully saturated rings. The number of methoxy groups -OCH3 is 2. The topological polar surface area (TPSA) is 151 Å². The largest absolute Gasteiger partial charge is 0.493 e. The van der Waals surface area contributed by atoms with Crippen LogP contribution in [0.2, 0.25) is 0 Å². The zero-order chi connectivity index (χ0) is 33.9. The number of carbonyl (C=O) groups is 2. The van der Waals surface area contributed by atoms with Crippen LogP contribution in [-0.4, -0.2) is 84.2 Å². The van der Waals surface area contributed by atoms with Crippen LogP contribution in [0.3, 0.4) is 0 Å². The Morgan fingerprint density at radius 3 is 2.56 bits per heavy atom. The fourth-order valence-electron chi connectivity index (χ4n) is 8.84. The minimum absolute atomic E-state index is 0.0258. The molecule has 2 heterocycles. The molecular formula is C37H44N2O9. The Morgan fingerprint density at radius 2 is 1.88 bits per heavy atom. The molecule has 2 amide bonds. The number of carbonyl (C=O) groups excluding carboxylic acids is 2. The molecule has 5 aliphatic rings. The van der Waals surface area contributed by atoms with Crippen LogP contribution in [0, 0.1) is 23.2 Å². The van der Waals surface area contributed by atoms with Crippen molar-refractivity contribution in [3.05, 3.63) is 64.9 Å².